The average molecular weight is 278 g/mol. The summed E-state index contributed by atoms with van der Waals surface area (Å²) < 4.78 is 13.6. The monoisotopic (exact) mass is 278 g/mol. The summed E-state index contributed by atoms with van der Waals surface area (Å²) >= 11 is 0. The number of hydrogen-bond donors (Lipinski definition) is 2. The number of hydrogen-bond acceptors (Lipinski definition) is 3. The van der Waals surface area contributed by atoms with E-state index in [0.717, 1.165) is 37.2 Å². The van der Waals surface area contributed by atoms with E-state index in [9.17, 15) is 9.50 Å². The third kappa shape index (κ3) is 2.42. The second kappa shape index (κ2) is 5.34. The van der Waals surface area contributed by atoms with Gasteiger partial charge in [0.25, 0.3) is 0 Å². The third-order valence-corrected chi connectivity index (χ3v) is 4.81. The van der Waals surface area contributed by atoms with E-state index in [0.29, 0.717) is 6.04 Å². The Hall–Kier alpha value is -1.13. The first-order valence-corrected chi connectivity index (χ1v) is 7.53. The molecule has 0 bridgehead atoms. The largest absolute Gasteiger partial charge is 0.394 e. The summed E-state index contributed by atoms with van der Waals surface area (Å²) in [4.78, 5) is 2.47. The van der Waals surface area contributed by atoms with Crippen molar-refractivity contribution in [3.05, 3.63) is 29.6 Å². The van der Waals surface area contributed by atoms with E-state index in [1.165, 1.54) is 25.0 Å². The first-order valence-electron chi connectivity index (χ1n) is 7.53. The lowest BCUT2D eigenvalue weighted by atomic mass is 9.85. The number of rotatable bonds is 3. The van der Waals surface area contributed by atoms with Crippen LogP contribution >= 0.6 is 0 Å². The molecule has 2 N–H and O–H groups in total. The SMILES string of the molecule is Cc1cc(F)cc(NC2(CO)CCN3CCCCC32)c1. The molecule has 2 atom stereocenters. The molecule has 4 heteroatoms. The molecule has 110 valence electrons. The Morgan fingerprint density at radius 2 is 2.20 bits per heavy atom. The number of fused-ring (bicyclic) bond motifs is 1. The van der Waals surface area contributed by atoms with Gasteiger partial charge in [0.15, 0.2) is 0 Å². The van der Waals surface area contributed by atoms with Crippen LogP contribution in [0.2, 0.25) is 0 Å². The van der Waals surface area contributed by atoms with Crippen molar-refractivity contribution in [2.45, 2.75) is 44.2 Å². The molecular formula is C16H23FN2O. The number of halogens is 1. The quantitative estimate of drug-likeness (QED) is 0.892. The Bertz CT molecular complexity index is 473. The predicted molar refractivity (Wildman–Crippen MR) is 78.4 cm³/mol. The number of aliphatic hydroxyl groups is 1. The molecule has 2 unspecified atom stereocenters. The molecule has 0 aliphatic carbocycles. The summed E-state index contributed by atoms with van der Waals surface area (Å²) in [5.41, 5.74) is 1.36. The van der Waals surface area contributed by atoms with Gasteiger partial charge >= 0.3 is 0 Å². The minimum absolute atomic E-state index is 0.101. The lowest BCUT2D eigenvalue weighted by Gasteiger charge is -2.41. The lowest BCUT2D eigenvalue weighted by Crippen LogP contribution is -2.54. The van der Waals surface area contributed by atoms with Gasteiger partial charge in [-0.3, -0.25) is 4.90 Å². The zero-order valence-electron chi connectivity index (χ0n) is 12.0. The standard InChI is InChI=1S/C16H23FN2O/c1-12-8-13(17)10-14(9-12)18-16(11-20)5-7-19-6-3-2-4-15(16)19/h8-10,15,18,20H,2-7,11H2,1H3. The number of nitrogens with zero attached hydrogens (tertiary/aromatic N) is 1. The van der Waals surface area contributed by atoms with Crippen LogP contribution in [0.15, 0.2) is 18.2 Å². The Kier molecular flexibility index (Phi) is 3.69. The Morgan fingerprint density at radius 1 is 1.35 bits per heavy atom. The Balaban J connectivity index is 1.85. The van der Waals surface area contributed by atoms with Crippen molar-refractivity contribution >= 4 is 5.69 Å². The molecular weight excluding hydrogens is 255 g/mol. The smallest absolute Gasteiger partial charge is 0.125 e. The molecule has 0 aromatic heterocycles. The highest BCUT2D eigenvalue weighted by Gasteiger charge is 2.47. The van der Waals surface area contributed by atoms with Crippen LogP contribution in [0.1, 0.15) is 31.2 Å². The van der Waals surface area contributed by atoms with Gasteiger partial charge in [0.2, 0.25) is 0 Å². The molecule has 1 aromatic rings. The maximum Gasteiger partial charge on any atom is 0.125 e. The van der Waals surface area contributed by atoms with E-state index in [-0.39, 0.29) is 18.0 Å². The van der Waals surface area contributed by atoms with E-state index in [4.69, 9.17) is 0 Å². The van der Waals surface area contributed by atoms with Gasteiger partial charge in [-0.1, -0.05) is 6.42 Å². The van der Waals surface area contributed by atoms with Crippen molar-refractivity contribution in [1.82, 2.24) is 4.90 Å². The highest BCUT2D eigenvalue weighted by atomic mass is 19.1. The third-order valence-electron chi connectivity index (χ3n) is 4.81. The van der Waals surface area contributed by atoms with Crippen LogP contribution in [0.25, 0.3) is 0 Å². The molecule has 0 saturated carbocycles. The van der Waals surface area contributed by atoms with Crippen LogP contribution < -0.4 is 5.32 Å². The minimum Gasteiger partial charge on any atom is -0.394 e. The maximum atomic E-state index is 13.6. The van der Waals surface area contributed by atoms with Gasteiger partial charge < -0.3 is 10.4 Å². The van der Waals surface area contributed by atoms with Crippen molar-refractivity contribution in [3.63, 3.8) is 0 Å². The zero-order chi connectivity index (χ0) is 14.2. The van der Waals surface area contributed by atoms with E-state index in [1.54, 1.807) is 0 Å². The van der Waals surface area contributed by atoms with Crippen LogP contribution in [0, 0.1) is 12.7 Å². The van der Waals surface area contributed by atoms with Crippen molar-refractivity contribution in [2.24, 2.45) is 0 Å². The fourth-order valence-corrected chi connectivity index (χ4v) is 3.86. The number of anilines is 1. The van der Waals surface area contributed by atoms with Crippen molar-refractivity contribution in [2.75, 3.05) is 25.0 Å². The maximum absolute atomic E-state index is 13.6. The number of benzene rings is 1. The lowest BCUT2D eigenvalue weighted by molar-refractivity contribution is 0.123. The second-order valence-electron chi connectivity index (χ2n) is 6.25. The molecule has 2 saturated heterocycles. The number of nitrogens with one attached hydrogen (secondary N) is 1. The van der Waals surface area contributed by atoms with Gasteiger partial charge in [0.05, 0.1) is 12.1 Å². The second-order valence-corrected chi connectivity index (χ2v) is 6.25. The molecule has 0 amide bonds. The van der Waals surface area contributed by atoms with Crippen LogP contribution in [0.4, 0.5) is 10.1 Å². The first kappa shape index (κ1) is 13.8. The molecule has 0 radical (unpaired) electrons. The highest BCUT2D eigenvalue weighted by molar-refractivity contribution is 5.49. The fourth-order valence-electron chi connectivity index (χ4n) is 3.86. The predicted octanol–water partition coefficient (Wildman–Crippen LogP) is 2.54. The van der Waals surface area contributed by atoms with Crippen LogP contribution in [0.3, 0.4) is 0 Å². The Labute approximate surface area is 119 Å². The zero-order valence-corrected chi connectivity index (χ0v) is 12.0. The number of piperidine rings is 1. The van der Waals surface area contributed by atoms with Gasteiger partial charge in [-0.15, -0.1) is 0 Å². The van der Waals surface area contributed by atoms with Crippen LogP contribution in [-0.2, 0) is 0 Å². The van der Waals surface area contributed by atoms with Gasteiger partial charge in [0.1, 0.15) is 5.82 Å². The van der Waals surface area contributed by atoms with E-state index in [2.05, 4.69) is 10.2 Å². The molecule has 2 fully saturated rings. The number of aliphatic hydroxyl groups excluding tert-OH is 1. The van der Waals surface area contributed by atoms with Crippen molar-refractivity contribution in [3.8, 4) is 0 Å². The van der Waals surface area contributed by atoms with Crippen LogP contribution in [0.5, 0.6) is 0 Å². The molecule has 1 aromatic carbocycles. The summed E-state index contributed by atoms with van der Waals surface area (Å²) in [6.07, 6.45) is 4.50. The molecule has 3 rings (SSSR count). The average Bonchev–Trinajstić information content (AvgIpc) is 2.78. The van der Waals surface area contributed by atoms with Crippen molar-refractivity contribution < 1.29 is 9.50 Å². The topological polar surface area (TPSA) is 35.5 Å². The van der Waals surface area contributed by atoms with E-state index >= 15 is 0 Å². The summed E-state index contributed by atoms with van der Waals surface area (Å²) in [6, 6.07) is 5.37. The Morgan fingerprint density at radius 3 is 2.95 bits per heavy atom. The van der Waals surface area contributed by atoms with E-state index < -0.39 is 0 Å². The number of aryl methyl sites for hydroxylation is 1. The fraction of sp³-hybridized carbons (Fsp3) is 0.625. The highest BCUT2D eigenvalue weighted by Crippen LogP contribution is 2.37. The molecule has 20 heavy (non-hydrogen) atoms. The normalized spacial score (nSPS) is 30.2. The van der Waals surface area contributed by atoms with Gasteiger partial charge in [-0.05, 0) is 56.5 Å². The first-order chi connectivity index (χ1) is 9.63. The molecule has 0 spiro atoms. The van der Waals surface area contributed by atoms with Gasteiger partial charge in [0, 0.05) is 18.3 Å². The van der Waals surface area contributed by atoms with Gasteiger partial charge in [-0.2, -0.15) is 0 Å². The molecule has 2 heterocycles. The van der Waals surface area contributed by atoms with E-state index in [1.807, 2.05) is 13.0 Å². The van der Waals surface area contributed by atoms with Crippen LogP contribution in [-0.4, -0.2) is 41.3 Å². The molecule has 3 nitrogen and oxygen atoms in total. The molecule has 2 aliphatic rings. The minimum atomic E-state index is -0.319. The molecule has 2 aliphatic heterocycles. The summed E-state index contributed by atoms with van der Waals surface area (Å²) in [5, 5.41) is 13.4. The van der Waals surface area contributed by atoms with Gasteiger partial charge in [-0.25, -0.2) is 4.39 Å². The summed E-state index contributed by atoms with van der Waals surface area (Å²) in [6.45, 7) is 4.13. The van der Waals surface area contributed by atoms with Crippen molar-refractivity contribution in [1.29, 1.82) is 0 Å². The summed E-state index contributed by atoms with van der Waals surface area (Å²) in [5.74, 6) is -0.223. The summed E-state index contributed by atoms with van der Waals surface area (Å²) in [7, 11) is 0.